The Labute approximate surface area is 165 Å². The average Bonchev–Trinajstić information content (AvgIpc) is 3.30. The maximum atomic E-state index is 12.6. The summed E-state index contributed by atoms with van der Waals surface area (Å²) in [5, 5.41) is 3.64. The van der Waals surface area contributed by atoms with Crippen LogP contribution in [0.25, 0.3) is 5.69 Å². The largest absolute Gasteiger partial charge is 0.337 e. The molecule has 0 saturated heterocycles. The highest BCUT2D eigenvalue weighted by molar-refractivity contribution is 7.99. The van der Waals surface area contributed by atoms with Crippen LogP contribution in [0.3, 0.4) is 0 Å². The molecule has 0 bridgehead atoms. The Hall–Kier alpha value is -1.76. The van der Waals surface area contributed by atoms with Gasteiger partial charge in [-0.3, -0.25) is 9.36 Å². The number of thioether (sulfide) groups is 1. The summed E-state index contributed by atoms with van der Waals surface area (Å²) in [6.07, 6.45) is 4.62. The Morgan fingerprint density at radius 3 is 3.15 bits per heavy atom. The molecule has 26 heavy (non-hydrogen) atoms. The molecule has 1 aliphatic heterocycles. The number of amides is 1. The first-order valence-corrected chi connectivity index (χ1v) is 10.6. The molecule has 3 aromatic rings. The van der Waals surface area contributed by atoms with Gasteiger partial charge < -0.3 is 4.90 Å². The van der Waals surface area contributed by atoms with Gasteiger partial charge in [0.2, 0.25) is 5.91 Å². The minimum Gasteiger partial charge on any atom is -0.337 e. The summed E-state index contributed by atoms with van der Waals surface area (Å²) in [6, 6.07) is 7.94. The summed E-state index contributed by atoms with van der Waals surface area (Å²) >= 11 is 9.50. The van der Waals surface area contributed by atoms with Gasteiger partial charge in [0.25, 0.3) is 0 Å². The maximum Gasteiger partial charge on any atom is 0.233 e. The van der Waals surface area contributed by atoms with Crippen LogP contribution in [0.2, 0.25) is 5.02 Å². The molecule has 0 N–H and O–H groups in total. The van der Waals surface area contributed by atoms with Gasteiger partial charge in [0, 0.05) is 35.4 Å². The van der Waals surface area contributed by atoms with Crippen LogP contribution in [-0.4, -0.2) is 32.7 Å². The van der Waals surface area contributed by atoms with Crippen LogP contribution < -0.4 is 0 Å². The van der Waals surface area contributed by atoms with E-state index in [1.54, 1.807) is 17.5 Å². The molecular weight excluding hydrogens is 386 g/mol. The van der Waals surface area contributed by atoms with Crippen molar-refractivity contribution in [2.45, 2.75) is 25.0 Å². The monoisotopic (exact) mass is 403 g/mol. The first-order chi connectivity index (χ1) is 12.6. The van der Waals surface area contributed by atoms with Crippen molar-refractivity contribution in [3.63, 3.8) is 0 Å². The Balaban J connectivity index is 1.45. The number of thiophene rings is 1. The number of nitrogens with zero attached hydrogens (tertiary/aromatic N) is 3. The van der Waals surface area contributed by atoms with Crippen molar-refractivity contribution >= 4 is 40.6 Å². The summed E-state index contributed by atoms with van der Waals surface area (Å²) in [7, 11) is 0. The number of halogens is 1. The molecule has 0 radical (unpaired) electrons. The Morgan fingerprint density at radius 2 is 2.27 bits per heavy atom. The second-order valence-corrected chi connectivity index (χ2v) is 8.54. The standard InChI is InChI=1S/C19H18ClN3OS2/c1-13-15(20)3-2-4-16(13)23-9-7-21-19(23)26-12-18(24)22-8-5-17-14(11-22)6-10-25-17/h2-4,6-7,9-10H,5,8,11-12H2,1H3. The molecule has 3 heterocycles. The van der Waals surface area contributed by atoms with Crippen molar-refractivity contribution in [1.29, 1.82) is 0 Å². The predicted molar refractivity (Wildman–Crippen MR) is 107 cm³/mol. The molecule has 4 nitrogen and oxygen atoms in total. The van der Waals surface area contributed by atoms with E-state index in [9.17, 15) is 4.79 Å². The predicted octanol–water partition coefficient (Wildman–Crippen LogP) is 4.57. The third-order valence-electron chi connectivity index (χ3n) is 4.59. The average molecular weight is 404 g/mol. The molecule has 134 valence electrons. The topological polar surface area (TPSA) is 38.1 Å². The fourth-order valence-electron chi connectivity index (χ4n) is 3.12. The van der Waals surface area contributed by atoms with Crippen molar-refractivity contribution in [2.75, 3.05) is 12.3 Å². The number of fused-ring (bicyclic) bond motifs is 1. The number of benzene rings is 1. The van der Waals surface area contributed by atoms with E-state index >= 15 is 0 Å². The second kappa shape index (κ2) is 7.47. The van der Waals surface area contributed by atoms with Crippen molar-refractivity contribution in [1.82, 2.24) is 14.5 Å². The lowest BCUT2D eigenvalue weighted by Crippen LogP contribution is -2.36. The number of rotatable bonds is 4. The molecule has 0 unspecified atom stereocenters. The van der Waals surface area contributed by atoms with Crippen LogP contribution in [0, 0.1) is 6.92 Å². The summed E-state index contributed by atoms with van der Waals surface area (Å²) in [5.74, 6) is 0.542. The third kappa shape index (κ3) is 3.41. The zero-order chi connectivity index (χ0) is 18.1. The Morgan fingerprint density at radius 1 is 1.38 bits per heavy atom. The summed E-state index contributed by atoms with van der Waals surface area (Å²) < 4.78 is 1.99. The van der Waals surface area contributed by atoms with Crippen LogP contribution in [0.15, 0.2) is 47.2 Å². The number of carbonyl (C=O) groups is 1. The van der Waals surface area contributed by atoms with Gasteiger partial charge in [-0.05, 0) is 48.1 Å². The van der Waals surface area contributed by atoms with Crippen molar-refractivity contribution < 1.29 is 4.79 Å². The van der Waals surface area contributed by atoms with Gasteiger partial charge >= 0.3 is 0 Å². The lowest BCUT2D eigenvalue weighted by atomic mass is 10.1. The van der Waals surface area contributed by atoms with Crippen LogP contribution in [0.5, 0.6) is 0 Å². The highest BCUT2D eigenvalue weighted by Gasteiger charge is 2.22. The zero-order valence-electron chi connectivity index (χ0n) is 14.3. The van der Waals surface area contributed by atoms with E-state index in [0.717, 1.165) is 40.9 Å². The van der Waals surface area contributed by atoms with Gasteiger partial charge in [-0.2, -0.15) is 0 Å². The lowest BCUT2D eigenvalue weighted by Gasteiger charge is -2.26. The van der Waals surface area contributed by atoms with E-state index < -0.39 is 0 Å². The number of hydrogen-bond donors (Lipinski definition) is 0. The van der Waals surface area contributed by atoms with E-state index in [1.165, 1.54) is 22.2 Å². The van der Waals surface area contributed by atoms with Crippen LogP contribution in [0.1, 0.15) is 16.0 Å². The normalized spacial score (nSPS) is 13.7. The van der Waals surface area contributed by atoms with E-state index in [4.69, 9.17) is 11.6 Å². The van der Waals surface area contributed by atoms with Crippen molar-refractivity contribution in [3.05, 3.63) is 63.1 Å². The SMILES string of the molecule is Cc1c(Cl)cccc1-n1ccnc1SCC(=O)N1CCc2sccc2C1. The third-order valence-corrected chi connectivity index (χ3v) is 6.97. The van der Waals surface area contributed by atoms with Gasteiger partial charge in [-0.1, -0.05) is 29.4 Å². The van der Waals surface area contributed by atoms with Gasteiger partial charge in [-0.25, -0.2) is 4.98 Å². The lowest BCUT2D eigenvalue weighted by molar-refractivity contribution is -0.129. The van der Waals surface area contributed by atoms with Gasteiger partial charge in [-0.15, -0.1) is 11.3 Å². The fourth-order valence-corrected chi connectivity index (χ4v) is 5.04. The molecule has 1 aliphatic rings. The molecule has 0 aliphatic carbocycles. The number of imidazole rings is 1. The van der Waals surface area contributed by atoms with Crippen molar-refractivity contribution in [3.8, 4) is 5.69 Å². The van der Waals surface area contributed by atoms with E-state index in [1.807, 2.05) is 40.8 Å². The fraction of sp³-hybridized carbons (Fsp3) is 0.263. The van der Waals surface area contributed by atoms with E-state index in [0.29, 0.717) is 5.75 Å². The summed E-state index contributed by atoms with van der Waals surface area (Å²) in [4.78, 5) is 20.4. The number of carbonyl (C=O) groups excluding carboxylic acids is 1. The van der Waals surface area contributed by atoms with E-state index in [2.05, 4.69) is 16.4 Å². The minimum absolute atomic E-state index is 0.157. The molecule has 0 atom stereocenters. The molecule has 4 rings (SSSR count). The first-order valence-electron chi connectivity index (χ1n) is 8.38. The number of aromatic nitrogens is 2. The quantitative estimate of drug-likeness (QED) is 0.599. The van der Waals surface area contributed by atoms with Gasteiger partial charge in [0.15, 0.2) is 5.16 Å². The Kier molecular flexibility index (Phi) is 5.07. The van der Waals surface area contributed by atoms with Gasteiger partial charge in [0.1, 0.15) is 0 Å². The van der Waals surface area contributed by atoms with Crippen LogP contribution in [-0.2, 0) is 17.8 Å². The van der Waals surface area contributed by atoms with Crippen LogP contribution >= 0.6 is 34.7 Å². The smallest absolute Gasteiger partial charge is 0.233 e. The molecule has 1 amide bonds. The number of hydrogen-bond acceptors (Lipinski definition) is 4. The molecular formula is C19H18ClN3OS2. The summed E-state index contributed by atoms with van der Waals surface area (Å²) in [5.41, 5.74) is 3.28. The molecule has 7 heteroatoms. The second-order valence-electron chi connectivity index (χ2n) is 6.19. The zero-order valence-corrected chi connectivity index (χ0v) is 16.7. The van der Waals surface area contributed by atoms with Crippen molar-refractivity contribution in [2.24, 2.45) is 0 Å². The highest BCUT2D eigenvalue weighted by Crippen LogP contribution is 2.28. The molecule has 1 aromatic carbocycles. The van der Waals surface area contributed by atoms with Gasteiger partial charge in [0.05, 0.1) is 11.4 Å². The molecule has 2 aromatic heterocycles. The molecule has 0 saturated carbocycles. The molecule has 0 fully saturated rings. The van der Waals surface area contributed by atoms with Crippen LogP contribution in [0.4, 0.5) is 0 Å². The molecule has 0 spiro atoms. The summed E-state index contributed by atoms with van der Waals surface area (Å²) in [6.45, 7) is 3.51. The minimum atomic E-state index is 0.157. The van der Waals surface area contributed by atoms with E-state index in [-0.39, 0.29) is 5.91 Å². The Bertz CT molecular complexity index is 950. The maximum absolute atomic E-state index is 12.6. The highest BCUT2D eigenvalue weighted by atomic mass is 35.5. The first kappa shape index (κ1) is 17.6.